The van der Waals surface area contributed by atoms with Gasteiger partial charge in [0, 0.05) is 11.4 Å². The number of nitrogens with one attached hydrogen (secondary N) is 1. The van der Waals surface area contributed by atoms with Gasteiger partial charge in [-0.1, -0.05) is 42.5 Å². The second-order valence-electron chi connectivity index (χ2n) is 5.77. The highest BCUT2D eigenvalue weighted by atomic mass is 32.1. The monoisotopic (exact) mass is 353 g/mol. The Labute approximate surface area is 153 Å². The number of hydrogen-bond acceptors (Lipinski definition) is 4. The molecule has 1 aromatic heterocycles. The molecule has 0 aliphatic carbocycles. The summed E-state index contributed by atoms with van der Waals surface area (Å²) in [5.74, 6) is 1.56. The first kappa shape index (κ1) is 17.5. The molecule has 25 heavy (non-hydrogen) atoms. The van der Waals surface area contributed by atoms with Crippen molar-refractivity contribution in [3.8, 4) is 11.5 Å². The summed E-state index contributed by atoms with van der Waals surface area (Å²) >= 11 is 1.69. The third-order valence-electron chi connectivity index (χ3n) is 3.94. The van der Waals surface area contributed by atoms with Crippen LogP contribution in [0, 0.1) is 0 Å². The summed E-state index contributed by atoms with van der Waals surface area (Å²) in [5.41, 5.74) is 2.54. The minimum atomic E-state index is 0.572. The van der Waals surface area contributed by atoms with Gasteiger partial charge in [0.05, 0.1) is 7.11 Å². The highest BCUT2D eigenvalue weighted by Gasteiger charge is 2.06. The number of benzene rings is 2. The van der Waals surface area contributed by atoms with Gasteiger partial charge >= 0.3 is 0 Å². The molecule has 0 aliphatic heterocycles. The van der Waals surface area contributed by atoms with Crippen LogP contribution in [0.1, 0.15) is 16.0 Å². The molecule has 3 rings (SSSR count). The molecule has 0 bridgehead atoms. The van der Waals surface area contributed by atoms with Crippen LogP contribution < -0.4 is 14.8 Å². The number of rotatable bonds is 9. The Morgan fingerprint density at radius 1 is 0.920 bits per heavy atom. The predicted octanol–water partition coefficient (Wildman–Crippen LogP) is 4.67. The Morgan fingerprint density at radius 2 is 1.80 bits per heavy atom. The molecule has 0 radical (unpaired) electrons. The van der Waals surface area contributed by atoms with E-state index in [0.29, 0.717) is 6.61 Å². The quantitative estimate of drug-likeness (QED) is 0.567. The van der Waals surface area contributed by atoms with Gasteiger partial charge in [0.1, 0.15) is 6.61 Å². The number of thiophene rings is 1. The highest BCUT2D eigenvalue weighted by molar-refractivity contribution is 7.09. The van der Waals surface area contributed by atoms with Gasteiger partial charge in [-0.3, -0.25) is 0 Å². The lowest BCUT2D eigenvalue weighted by Crippen LogP contribution is -2.16. The molecular weight excluding hydrogens is 330 g/mol. The molecule has 0 atom stereocenters. The summed E-state index contributed by atoms with van der Waals surface area (Å²) in [6.45, 7) is 2.33. The minimum absolute atomic E-state index is 0.572. The average molecular weight is 353 g/mol. The zero-order chi connectivity index (χ0) is 17.3. The standard InChI is InChI=1S/C21H23NO2S/c1-23-21-14-18(15-22-12-11-17-6-3-2-4-7-17)9-10-20(21)24-16-19-8-5-13-25-19/h2-10,13-14,22H,11-12,15-16H2,1H3. The molecule has 2 aromatic carbocycles. The van der Waals surface area contributed by atoms with Gasteiger partial charge in [0.15, 0.2) is 11.5 Å². The minimum Gasteiger partial charge on any atom is -0.493 e. The van der Waals surface area contributed by atoms with Crippen molar-refractivity contribution in [2.45, 2.75) is 19.6 Å². The molecule has 130 valence electrons. The van der Waals surface area contributed by atoms with Crippen molar-refractivity contribution in [2.24, 2.45) is 0 Å². The molecule has 0 amide bonds. The molecule has 0 aliphatic rings. The molecule has 1 heterocycles. The van der Waals surface area contributed by atoms with Crippen LogP contribution in [-0.4, -0.2) is 13.7 Å². The Kier molecular flexibility index (Phi) is 6.48. The van der Waals surface area contributed by atoms with Crippen molar-refractivity contribution >= 4 is 11.3 Å². The molecule has 1 N–H and O–H groups in total. The molecule has 3 aromatic rings. The predicted molar refractivity (Wildman–Crippen MR) is 103 cm³/mol. The van der Waals surface area contributed by atoms with Gasteiger partial charge in [-0.05, 0) is 47.7 Å². The van der Waals surface area contributed by atoms with Crippen molar-refractivity contribution in [3.05, 3.63) is 82.0 Å². The van der Waals surface area contributed by atoms with Crippen molar-refractivity contribution in [3.63, 3.8) is 0 Å². The smallest absolute Gasteiger partial charge is 0.161 e. The van der Waals surface area contributed by atoms with E-state index in [9.17, 15) is 0 Å². The fraction of sp³-hybridized carbons (Fsp3) is 0.238. The van der Waals surface area contributed by atoms with Gasteiger partial charge in [0.2, 0.25) is 0 Å². The largest absolute Gasteiger partial charge is 0.493 e. The maximum absolute atomic E-state index is 5.88. The Balaban J connectivity index is 1.50. The van der Waals surface area contributed by atoms with Crippen LogP contribution in [0.15, 0.2) is 66.0 Å². The van der Waals surface area contributed by atoms with Gasteiger partial charge in [-0.25, -0.2) is 0 Å². The van der Waals surface area contributed by atoms with Crippen molar-refractivity contribution < 1.29 is 9.47 Å². The highest BCUT2D eigenvalue weighted by Crippen LogP contribution is 2.29. The molecule has 0 fully saturated rings. The van der Waals surface area contributed by atoms with Gasteiger partial charge in [-0.15, -0.1) is 11.3 Å². The van der Waals surface area contributed by atoms with E-state index >= 15 is 0 Å². The summed E-state index contributed by atoms with van der Waals surface area (Å²) < 4.78 is 11.4. The van der Waals surface area contributed by atoms with Crippen LogP contribution in [0.5, 0.6) is 11.5 Å². The van der Waals surface area contributed by atoms with E-state index in [2.05, 4.69) is 47.1 Å². The fourth-order valence-electron chi connectivity index (χ4n) is 2.59. The summed E-state index contributed by atoms with van der Waals surface area (Å²) in [7, 11) is 1.68. The SMILES string of the molecule is COc1cc(CNCCc2ccccc2)ccc1OCc1cccs1. The lowest BCUT2D eigenvalue weighted by molar-refractivity contribution is 0.287. The molecule has 3 nitrogen and oxygen atoms in total. The molecule has 4 heteroatoms. The molecule has 0 spiro atoms. The normalized spacial score (nSPS) is 10.6. The van der Waals surface area contributed by atoms with Crippen LogP contribution in [-0.2, 0) is 19.6 Å². The average Bonchev–Trinajstić information content (AvgIpc) is 3.18. The first-order chi connectivity index (χ1) is 12.3. The zero-order valence-electron chi connectivity index (χ0n) is 14.4. The summed E-state index contributed by atoms with van der Waals surface area (Å²) in [5, 5.41) is 5.54. The number of ether oxygens (including phenoxy) is 2. The van der Waals surface area contributed by atoms with E-state index in [4.69, 9.17) is 9.47 Å². The van der Waals surface area contributed by atoms with E-state index in [-0.39, 0.29) is 0 Å². The molecule has 0 saturated carbocycles. The second kappa shape index (κ2) is 9.25. The Morgan fingerprint density at radius 3 is 2.56 bits per heavy atom. The van der Waals surface area contributed by atoms with Crippen LogP contribution in [0.3, 0.4) is 0 Å². The van der Waals surface area contributed by atoms with Crippen LogP contribution in [0.4, 0.5) is 0 Å². The van der Waals surface area contributed by atoms with E-state index < -0.39 is 0 Å². The van der Waals surface area contributed by atoms with Gasteiger partial charge in [-0.2, -0.15) is 0 Å². The third kappa shape index (κ3) is 5.34. The number of hydrogen-bond donors (Lipinski definition) is 1. The second-order valence-corrected chi connectivity index (χ2v) is 6.80. The Hall–Kier alpha value is -2.30. The maximum atomic E-state index is 5.88. The maximum Gasteiger partial charge on any atom is 0.161 e. The topological polar surface area (TPSA) is 30.5 Å². The van der Waals surface area contributed by atoms with Gasteiger partial charge < -0.3 is 14.8 Å². The van der Waals surface area contributed by atoms with Crippen molar-refractivity contribution in [1.82, 2.24) is 5.32 Å². The molecular formula is C21H23NO2S. The number of methoxy groups -OCH3 is 1. The van der Waals surface area contributed by atoms with Crippen molar-refractivity contribution in [2.75, 3.05) is 13.7 Å². The lowest BCUT2D eigenvalue weighted by Gasteiger charge is -2.12. The van der Waals surface area contributed by atoms with Crippen molar-refractivity contribution in [1.29, 1.82) is 0 Å². The van der Waals surface area contributed by atoms with E-state index in [1.165, 1.54) is 16.0 Å². The molecule has 0 saturated heterocycles. The summed E-state index contributed by atoms with van der Waals surface area (Å²) in [4.78, 5) is 1.20. The van der Waals surface area contributed by atoms with E-state index in [1.54, 1.807) is 18.4 Å². The van der Waals surface area contributed by atoms with E-state index in [0.717, 1.165) is 31.0 Å². The van der Waals surface area contributed by atoms with E-state index in [1.807, 2.05) is 24.3 Å². The summed E-state index contributed by atoms with van der Waals surface area (Å²) in [6, 6.07) is 20.7. The first-order valence-corrected chi connectivity index (χ1v) is 9.30. The molecule has 0 unspecified atom stereocenters. The zero-order valence-corrected chi connectivity index (χ0v) is 15.2. The third-order valence-corrected chi connectivity index (χ3v) is 4.79. The lowest BCUT2D eigenvalue weighted by atomic mass is 10.1. The fourth-order valence-corrected chi connectivity index (χ4v) is 3.21. The van der Waals surface area contributed by atoms with Gasteiger partial charge in [0.25, 0.3) is 0 Å². The summed E-state index contributed by atoms with van der Waals surface area (Å²) in [6.07, 6.45) is 1.03. The first-order valence-electron chi connectivity index (χ1n) is 8.42. The van der Waals surface area contributed by atoms with Crippen LogP contribution >= 0.6 is 11.3 Å². The van der Waals surface area contributed by atoms with Crippen LogP contribution in [0.2, 0.25) is 0 Å². The Bertz CT molecular complexity index is 757. The van der Waals surface area contributed by atoms with Crippen LogP contribution in [0.25, 0.3) is 0 Å².